The number of hydrogen-bond acceptors (Lipinski definition) is 4. The molecular formula is C30H39NO4SSi. The van der Waals surface area contributed by atoms with Crippen LogP contribution >= 0.6 is 0 Å². The fourth-order valence-electron chi connectivity index (χ4n) is 5.59. The molecule has 1 aliphatic heterocycles. The molecule has 0 aromatic heterocycles. The van der Waals surface area contributed by atoms with Crippen LogP contribution in [0.1, 0.15) is 46.5 Å². The van der Waals surface area contributed by atoms with E-state index in [-0.39, 0.29) is 15.9 Å². The largest absolute Gasteiger partial charge is 0.407 e. The van der Waals surface area contributed by atoms with Crippen LogP contribution in [0.2, 0.25) is 5.04 Å². The fraction of sp³-hybridized carbons (Fsp3) is 0.400. The number of sulfonamides is 1. The predicted octanol–water partition coefficient (Wildman–Crippen LogP) is 4.76. The van der Waals surface area contributed by atoms with Gasteiger partial charge in [-0.25, -0.2) is 8.42 Å². The molecule has 1 N–H and O–H groups in total. The van der Waals surface area contributed by atoms with Gasteiger partial charge in [-0.1, -0.05) is 106 Å². The van der Waals surface area contributed by atoms with Gasteiger partial charge in [0.1, 0.15) is 6.23 Å². The molecule has 198 valence electrons. The molecular weight excluding hydrogens is 498 g/mol. The highest BCUT2D eigenvalue weighted by atomic mass is 32.2. The van der Waals surface area contributed by atoms with Crippen LogP contribution in [0.4, 0.5) is 0 Å². The van der Waals surface area contributed by atoms with Gasteiger partial charge < -0.3 is 9.53 Å². The maximum Gasteiger partial charge on any atom is 0.261 e. The van der Waals surface area contributed by atoms with Crippen LogP contribution in [-0.2, 0) is 14.4 Å². The maximum absolute atomic E-state index is 13.0. The van der Waals surface area contributed by atoms with Crippen molar-refractivity contribution in [2.24, 2.45) is 5.92 Å². The van der Waals surface area contributed by atoms with Gasteiger partial charge in [0.05, 0.1) is 4.90 Å². The zero-order chi connectivity index (χ0) is 26.5. The second-order valence-electron chi connectivity index (χ2n) is 10.9. The standard InChI is InChI=1S/C30H39NO4SSi/c1-30(2,3)37(27-18-9-5-10-19-27,28-20-11-6-12-21-28)35-24-14-13-15-25-22-23-31(29(25)32)36(33,34)26-16-7-4-8-17-26/h4-12,16-21,25,29,32H,13-15,22-24H2,1-3H3. The van der Waals surface area contributed by atoms with Crippen molar-refractivity contribution in [2.45, 2.75) is 62.6 Å². The average molecular weight is 538 g/mol. The Kier molecular flexibility index (Phi) is 8.71. The number of hydrogen-bond donors (Lipinski definition) is 1. The summed E-state index contributed by atoms with van der Waals surface area (Å²) in [5.41, 5.74) is 0. The number of benzene rings is 3. The molecule has 2 atom stereocenters. The number of unbranched alkanes of at least 4 members (excludes halogenated alkanes) is 1. The molecule has 0 saturated carbocycles. The Morgan fingerprint density at radius 1 is 0.865 bits per heavy atom. The first-order valence-corrected chi connectivity index (χ1v) is 16.5. The smallest absolute Gasteiger partial charge is 0.261 e. The summed E-state index contributed by atoms with van der Waals surface area (Å²) in [4.78, 5) is 0.230. The molecule has 0 amide bonds. The molecule has 0 bridgehead atoms. The summed E-state index contributed by atoms with van der Waals surface area (Å²) in [7, 11) is -6.24. The number of nitrogens with zero attached hydrogens (tertiary/aromatic N) is 1. The molecule has 4 rings (SSSR count). The molecule has 0 spiro atoms. The van der Waals surface area contributed by atoms with Gasteiger partial charge in [0.25, 0.3) is 8.32 Å². The van der Waals surface area contributed by atoms with Crippen LogP contribution in [0.25, 0.3) is 0 Å². The van der Waals surface area contributed by atoms with E-state index in [1.807, 2.05) is 12.1 Å². The highest BCUT2D eigenvalue weighted by Crippen LogP contribution is 2.37. The third-order valence-corrected chi connectivity index (χ3v) is 14.4. The Morgan fingerprint density at radius 2 is 1.38 bits per heavy atom. The topological polar surface area (TPSA) is 66.8 Å². The normalized spacial score (nSPS) is 19.2. The molecule has 0 aliphatic carbocycles. The van der Waals surface area contributed by atoms with Crippen molar-refractivity contribution in [3.8, 4) is 0 Å². The zero-order valence-corrected chi connectivity index (χ0v) is 23.9. The van der Waals surface area contributed by atoms with Gasteiger partial charge in [0, 0.05) is 19.1 Å². The molecule has 1 heterocycles. The van der Waals surface area contributed by atoms with Crippen molar-refractivity contribution < 1.29 is 18.0 Å². The molecule has 2 unspecified atom stereocenters. The minimum absolute atomic E-state index is 0.0636. The maximum atomic E-state index is 13.0. The van der Waals surface area contributed by atoms with Crippen LogP contribution in [0.3, 0.4) is 0 Å². The van der Waals surface area contributed by atoms with Gasteiger partial charge >= 0.3 is 0 Å². The first-order chi connectivity index (χ1) is 17.7. The molecule has 7 heteroatoms. The van der Waals surface area contributed by atoms with Crippen molar-refractivity contribution in [2.75, 3.05) is 13.2 Å². The van der Waals surface area contributed by atoms with E-state index in [4.69, 9.17) is 4.43 Å². The van der Waals surface area contributed by atoms with Crippen molar-refractivity contribution in [1.82, 2.24) is 4.31 Å². The summed E-state index contributed by atoms with van der Waals surface area (Å²) in [6.45, 7) is 7.80. The summed E-state index contributed by atoms with van der Waals surface area (Å²) < 4.78 is 34.2. The van der Waals surface area contributed by atoms with Crippen LogP contribution in [0.15, 0.2) is 95.9 Å². The van der Waals surface area contributed by atoms with Gasteiger partial charge in [0.2, 0.25) is 10.0 Å². The summed E-state index contributed by atoms with van der Waals surface area (Å²) in [6.07, 6.45) is 2.19. The molecule has 3 aromatic rings. The van der Waals surface area contributed by atoms with E-state index in [0.717, 1.165) is 19.3 Å². The van der Waals surface area contributed by atoms with Crippen molar-refractivity contribution in [1.29, 1.82) is 0 Å². The first-order valence-electron chi connectivity index (χ1n) is 13.2. The van der Waals surface area contributed by atoms with E-state index in [0.29, 0.717) is 19.6 Å². The minimum Gasteiger partial charge on any atom is -0.407 e. The quantitative estimate of drug-likeness (QED) is 0.299. The zero-order valence-electron chi connectivity index (χ0n) is 22.1. The Morgan fingerprint density at radius 3 is 1.89 bits per heavy atom. The Hall–Kier alpha value is -2.29. The van der Waals surface area contributed by atoms with Crippen molar-refractivity contribution in [3.05, 3.63) is 91.0 Å². The minimum atomic E-state index is -3.69. The van der Waals surface area contributed by atoms with Crippen molar-refractivity contribution >= 4 is 28.7 Å². The molecule has 0 radical (unpaired) electrons. The van der Waals surface area contributed by atoms with Crippen LogP contribution in [-0.4, -0.2) is 45.5 Å². The van der Waals surface area contributed by atoms with Gasteiger partial charge in [-0.3, -0.25) is 0 Å². The Bertz CT molecular complexity index is 1190. The molecule has 1 saturated heterocycles. The van der Waals surface area contributed by atoms with E-state index in [1.54, 1.807) is 30.3 Å². The highest BCUT2D eigenvalue weighted by molar-refractivity contribution is 7.89. The lowest BCUT2D eigenvalue weighted by Gasteiger charge is -2.43. The van der Waals surface area contributed by atoms with Crippen molar-refractivity contribution in [3.63, 3.8) is 0 Å². The third kappa shape index (κ3) is 5.76. The lowest BCUT2D eigenvalue weighted by molar-refractivity contribution is 0.0521. The average Bonchev–Trinajstić information content (AvgIpc) is 3.28. The lowest BCUT2D eigenvalue weighted by atomic mass is 10.0. The summed E-state index contributed by atoms with van der Waals surface area (Å²) in [5.74, 6) is -0.0636. The lowest BCUT2D eigenvalue weighted by Crippen LogP contribution is -2.66. The van der Waals surface area contributed by atoms with E-state index in [2.05, 4.69) is 69.3 Å². The van der Waals surface area contributed by atoms with E-state index in [1.165, 1.54) is 14.7 Å². The summed E-state index contributed by atoms with van der Waals surface area (Å²) >= 11 is 0. The highest BCUT2D eigenvalue weighted by Gasteiger charge is 2.50. The van der Waals surface area contributed by atoms with Gasteiger partial charge in [-0.15, -0.1) is 0 Å². The molecule has 5 nitrogen and oxygen atoms in total. The number of aliphatic hydroxyl groups is 1. The second kappa shape index (κ2) is 11.6. The van der Waals surface area contributed by atoms with Gasteiger partial charge in [0.15, 0.2) is 0 Å². The SMILES string of the molecule is CC(C)(C)[Si](OCCCCC1CCN(S(=O)(=O)c2ccccc2)C1O)(c1ccccc1)c1ccccc1. The molecule has 3 aromatic carbocycles. The number of aliphatic hydroxyl groups excluding tert-OH is 1. The van der Waals surface area contributed by atoms with Crippen LogP contribution in [0, 0.1) is 5.92 Å². The molecule has 1 fully saturated rings. The van der Waals surface area contributed by atoms with E-state index in [9.17, 15) is 13.5 Å². The molecule has 1 aliphatic rings. The van der Waals surface area contributed by atoms with E-state index >= 15 is 0 Å². The fourth-order valence-corrected chi connectivity index (χ4v) is 11.8. The van der Waals surface area contributed by atoms with Gasteiger partial charge in [-0.05, 0) is 46.8 Å². The van der Waals surface area contributed by atoms with Gasteiger partial charge in [-0.2, -0.15) is 4.31 Å². The van der Waals surface area contributed by atoms with E-state index < -0.39 is 24.6 Å². The number of rotatable bonds is 10. The third-order valence-electron chi connectivity index (χ3n) is 7.49. The Labute approximate surface area is 223 Å². The van der Waals surface area contributed by atoms with Crippen LogP contribution < -0.4 is 10.4 Å². The summed E-state index contributed by atoms with van der Waals surface area (Å²) in [6, 6.07) is 29.6. The Balaban J connectivity index is 1.40. The first kappa shape index (κ1) is 27.7. The second-order valence-corrected chi connectivity index (χ2v) is 17.1. The molecule has 37 heavy (non-hydrogen) atoms. The van der Waals surface area contributed by atoms with Crippen LogP contribution in [0.5, 0.6) is 0 Å². The summed E-state index contributed by atoms with van der Waals surface area (Å²) in [5, 5.41) is 13.3. The predicted molar refractivity (Wildman–Crippen MR) is 152 cm³/mol. The monoisotopic (exact) mass is 537 g/mol.